The highest BCUT2D eigenvalue weighted by Crippen LogP contribution is 2.28. The molecule has 2 N–H and O–H groups in total. The van der Waals surface area contributed by atoms with Crippen LogP contribution >= 0.6 is 0 Å². The van der Waals surface area contributed by atoms with E-state index in [1.807, 2.05) is 39.2 Å². The van der Waals surface area contributed by atoms with E-state index in [0.717, 1.165) is 60.1 Å². The first-order chi connectivity index (χ1) is 17.9. The van der Waals surface area contributed by atoms with E-state index in [9.17, 15) is 19.8 Å². The summed E-state index contributed by atoms with van der Waals surface area (Å²) in [6, 6.07) is 12.5. The molecule has 2 aromatic carbocycles. The molecule has 0 spiro atoms. The van der Waals surface area contributed by atoms with Crippen LogP contribution in [0.4, 0.5) is 4.79 Å². The number of phenols is 2. The van der Waals surface area contributed by atoms with Crippen LogP contribution in [0.2, 0.25) is 0 Å². The number of aromatic nitrogens is 1. The summed E-state index contributed by atoms with van der Waals surface area (Å²) < 4.78 is 7.57. The molecule has 0 radical (unpaired) electrons. The topological polar surface area (TPSA) is 95.2 Å². The van der Waals surface area contributed by atoms with Crippen molar-refractivity contribution < 1.29 is 19.7 Å². The molecule has 2 heterocycles. The minimum Gasteiger partial charge on any atom is -0.504 e. The van der Waals surface area contributed by atoms with Crippen molar-refractivity contribution in [3.63, 3.8) is 0 Å². The predicted molar refractivity (Wildman–Crippen MR) is 149 cm³/mol. The fraction of sp³-hybridized carbons (Fsp3) is 0.467. The molecular formula is C30H39N3O5. The number of carbonyl (C=O) groups excluding carboxylic acids is 1. The van der Waals surface area contributed by atoms with Gasteiger partial charge in [0.1, 0.15) is 5.60 Å². The van der Waals surface area contributed by atoms with E-state index in [-0.39, 0.29) is 29.6 Å². The van der Waals surface area contributed by atoms with Crippen LogP contribution in [0.5, 0.6) is 11.5 Å². The van der Waals surface area contributed by atoms with Crippen LogP contribution in [-0.2, 0) is 17.8 Å². The molecular weight excluding hydrogens is 482 g/mol. The number of fused-ring (bicyclic) bond motifs is 1. The van der Waals surface area contributed by atoms with Gasteiger partial charge < -0.3 is 29.3 Å². The molecule has 0 unspecified atom stereocenters. The Bertz CT molecular complexity index is 1370. The van der Waals surface area contributed by atoms with Crippen molar-refractivity contribution in [2.75, 3.05) is 19.6 Å². The number of phenolic OH excluding ortho intramolecular Hbond substituents is 2. The Balaban J connectivity index is 1.45. The van der Waals surface area contributed by atoms with Gasteiger partial charge in [-0.25, -0.2) is 4.79 Å². The third kappa shape index (κ3) is 6.48. The van der Waals surface area contributed by atoms with Crippen molar-refractivity contribution in [3.8, 4) is 11.5 Å². The van der Waals surface area contributed by atoms with Crippen LogP contribution < -0.4 is 5.56 Å². The number of hydrogen-bond acceptors (Lipinski definition) is 6. The zero-order valence-electron chi connectivity index (χ0n) is 23.0. The van der Waals surface area contributed by atoms with Gasteiger partial charge in [0.15, 0.2) is 11.5 Å². The second-order valence-corrected chi connectivity index (χ2v) is 11.3. The Hall–Kier alpha value is -3.52. The van der Waals surface area contributed by atoms with E-state index in [0.29, 0.717) is 6.54 Å². The minimum absolute atomic E-state index is 0.0173. The number of benzene rings is 2. The van der Waals surface area contributed by atoms with Crippen LogP contribution in [-0.4, -0.2) is 62.0 Å². The number of hydrogen-bond donors (Lipinski definition) is 2. The molecule has 3 aromatic rings. The summed E-state index contributed by atoms with van der Waals surface area (Å²) in [6.45, 7) is 12.8. The largest absolute Gasteiger partial charge is 0.504 e. The highest BCUT2D eigenvalue weighted by Gasteiger charge is 2.31. The lowest BCUT2D eigenvalue weighted by Gasteiger charge is -2.39. The summed E-state index contributed by atoms with van der Waals surface area (Å²) in [4.78, 5) is 30.1. The summed E-state index contributed by atoms with van der Waals surface area (Å²) in [5.41, 5.74) is 3.19. The molecule has 1 aliphatic heterocycles. The zero-order valence-corrected chi connectivity index (χ0v) is 23.0. The van der Waals surface area contributed by atoms with Gasteiger partial charge in [-0.2, -0.15) is 0 Å². The van der Waals surface area contributed by atoms with Crippen molar-refractivity contribution in [2.24, 2.45) is 0 Å². The van der Waals surface area contributed by atoms with Gasteiger partial charge in [0, 0.05) is 50.2 Å². The van der Waals surface area contributed by atoms with Crippen molar-refractivity contribution in [3.05, 3.63) is 69.5 Å². The second-order valence-electron chi connectivity index (χ2n) is 11.3. The molecule has 1 amide bonds. The summed E-state index contributed by atoms with van der Waals surface area (Å²) >= 11 is 0. The van der Waals surface area contributed by atoms with Crippen LogP contribution in [0.15, 0.2) is 47.3 Å². The Morgan fingerprint density at radius 2 is 1.71 bits per heavy atom. The number of aromatic hydroxyl groups is 2. The number of ether oxygens (including phenoxy) is 1. The number of rotatable bonds is 6. The standard InChI is InChI=1S/C30H39N3O5/c1-20-6-8-24-21(2)17-28(36)32(25(24)16-20)15-14-31-12-10-23(11-13-31)33(29(37)38-30(3,4)5)19-22-7-9-26(34)27(35)18-22/h6-9,16-18,23,34-35H,10-15,19H2,1-5H3. The average Bonchev–Trinajstić information content (AvgIpc) is 2.83. The summed E-state index contributed by atoms with van der Waals surface area (Å²) in [5.74, 6) is -0.406. The fourth-order valence-corrected chi connectivity index (χ4v) is 5.11. The van der Waals surface area contributed by atoms with Gasteiger partial charge in [0.25, 0.3) is 5.56 Å². The Labute approximate surface area is 224 Å². The van der Waals surface area contributed by atoms with Crippen molar-refractivity contribution in [2.45, 2.75) is 72.2 Å². The lowest BCUT2D eigenvalue weighted by atomic mass is 10.0. The van der Waals surface area contributed by atoms with Crippen LogP contribution in [0.3, 0.4) is 0 Å². The molecule has 8 heteroatoms. The molecule has 0 bridgehead atoms. The number of likely N-dealkylation sites (tertiary alicyclic amines) is 1. The molecule has 1 aromatic heterocycles. The van der Waals surface area contributed by atoms with E-state index in [2.05, 4.69) is 23.1 Å². The van der Waals surface area contributed by atoms with Crippen LogP contribution in [0.25, 0.3) is 10.9 Å². The van der Waals surface area contributed by atoms with E-state index in [1.165, 1.54) is 12.1 Å². The van der Waals surface area contributed by atoms with Gasteiger partial charge in [0.05, 0.1) is 5.52 Å². The average molecular weight is 522 g/mol. The van der Waals surface area contributed by atoms with Crippen LogP contribution in [0.1, 0.15) is 50.3 Å². The van der Waals surface area contributed by atoms with Crippen LogP contribution in [0, 0.1) is 13.8 Å². The highest BCUT2D eigenvalue weighted by molar-refractivity contribution is 5.83. The maximum Gasteiger partial charge on any atom is 0.410 e. The first-order valence-corrected chi connectivity index (χ1v) is 13.2. The lowest BCUT2D eigenvalue weighted by Crippen LogP contribution is -2.49. The van der Waals surface area contributed by atoms with E-state index >= 15 is 0 Å². The van der Waals surface area contributed by atoms with Gasteiger partial charge in [-0.1, -0.05) is 18.2 Å². The zero-order chi connectivity index (χ0) is 27.6. The van der Waals surface area contributed by atoms with E-state index in [1.54, 1.807) is 17.0 Å². The molecule has 0 saturated carbocycles. The van der Waals surface area contributed by atoms with E-state index < -0.39 is 11.7 Å². The normalized spacial score (nSPS) is 15.1. The lowest BCUT2D eigenvalue weighted by molar-refractivity contribution is 0.00564. The fourth-order valence-electron chi connectivity index (χ4n) is 5.11. The van der Waals surface area contributed by atoms with Crippen molar-refractivity contribution in [1.82, 2.24) is 14.4 Å². The predicted octanol–water partition coefficient (Wildman–Crippen LogP) is 4.93. The summed E-state index contributed by atoms with van der Waals surface area (Å²) in [5, 5.41) is 20.7. The molecule has 1 aliphatic rings. The number of piperidine rings is 1. The molecule has 1 fully saturated rings. The molecule has 8 nitrogen and oxygen atoms in total. The number of pyridine rings is 1. The number of amides is 1. The molecule has 38 heavy (non-hydrogen) atoms. The maximum absolute atomic E-state index is 13.2. The molecule has 0 atom stereocenters. The summed E-state index contributed by atoms with van der Waals surface area (Å²) in [6.07, 6.45) is 1.15. The van der Waals surface area contributed by atoms with Crippen molar-refractivity contribution in [1.29, 1.82) is 0 Å². The number of aryl methyl sites for hydroxylation is 2. The van der Waals surface area contributed by atoms with Gasteiger partial charge in [-0.05, 0) is 82.3 Å². The van der Waals surface area contributed by atoms with Gasteiger partial charge in [-0.3, -0.25) is 4.79 Å². The third-order valence-corrected chi connectivity index (χ3v) is 7.13. The maximum atomic E-state index is 13.2. The quantitative estimate of drug-likeness (QED) is 0.447. The summed E-state index contributed by atoms with van der Waals surface area (Å²) in [7, 11) is 0. The first-order valence-electron chi connectivity index (χ1n) is 13.2. The molecule has 4 rings (SSSR count). The third-order valence-electron chi connectivity index (χ3n) is 7.13. The smallest absolute Gasteiger partial charge is 0.410 e. The first kappa shape index (κ1) is 27.5. The SMILES string of the molecule is Cc1ccc2c(C)cc(=O)n(CCN3CCC(N(Cc4ccc(O)c(O)c4)C(=O)OC(C)(C)C)CC3)c2c1. The number of carbonyl (C=O) groups is 1. The second kappa shape index (κ2) is 11.1. The highest BCUT2D eigenvalue weighted by atomic mass is 16.6. The van der Waals surface area contributed by atoms with Gasteiger partial charge >= 0.3 is 6.09 Å². The monoisotopic (exact) mass is 521 g/mol. The van der Waals surface area contributed by atoms with Crippen molar-refractivity contribution >= 4 is 17.0 Å². The number of nitrogens with zero attached hydrogens (tertiary/aromatic N) is 3. The molecule has 1 saturated heterocycles. The van der Waals surface area contributed by atoms with Gasteiger partial charge in [-0.15, -0.1) is 0 Å². The Morgan fingerprint density at radius 1 is 1.00 bits per heavy atom. The minimum atomic E-state index is -0.629. The Kier molecular flexibility index (Phi) is 8.02. The van der Waals surface area contributed by atoms with E-state index in [4.69, 9.17) is 4.74 Å². The molecule has 204 valence electrons. The Morgan fingerprint density at radius 3 is 2.37 bits per heavy atom. The molecule has 0 aliphatic carbocycles. The van der Waals surface area contributed by atoms with Gasteiger partial charge in [0.2, 0.25) is 0 Å².